The Morgan fingerprint density at radius 3 is 1.55 bits per heavy atom. The summed E-state index contributed by atoms with van der Waals surface area (Å²) in [6, 6.07) is 73.9. The molecule has 0 radical (unpaired) electrons. The smallest absolute Gasteiger partial charge is 0.164 e. The number of hydrogen-bond acceptors (Lipinski definition) is 5. The van der Waals surface area contributed by atoms with Crippen molar-refractivity contribution in [2.45, 2.75) is 0 Å². The van der Waals surface area contributed by atoms with Crippen molar-refractivity contribution in [3.8, 4) is 62.2 Å². The average molecular weight is 818 g/mol. The van der Waals surface area contributed by atoms with Crippen LogP contribution in [-0.2, 0) is 0 Å². The van der Waals surface area contributed by atoms with Crippen molar-refractivity contribution in [3.63, 3.8) is 0 Å². The Labute approximate surface area is 367 Å². The molecule has 0 spiro atoms. The average Bonchev–Trinajstić information content (AvgIpc) is 3.93. The zero-order valence-corrected chi connectivity index (χ0v) is 34.4. The number of rotatable bonds is 6. The minimum absolute atomic E-state index is 0.609. The molecule has 0 saturated heterocycles. The van der Waals surface area contributed by atoms with Crippen LogP contribution in [0.25, 0.3) is 128 Å². The first-order valence-electron chi connectivity index (χ1n) is 21.5. The standard InChI is InChI=1S/C58H35N5O/c1-2-13-39(14-3-1)56-60-57(62-58(61-56)43-17-12-18-44(33-43)63-50-22-9-6-19-45(50)46-20-7-10-23-51(46)63)40-31-27-37(28-32-40)36-25-29-38(30-26-36)54-55-53(47-21-8-11-24-52(47)64-55)48-34-41-15-4-5-16-42(41)35-49(48)59-54/h1-35H. The summed E-state index contributed by atoms with van der Waals surface area (Å²) < 4.78 is 8.89. The fourth-order valence-corrected chi connectivity index (χ4v) is 9.34. The van der Waals surface area contributed by atoms with Crippen molar-refractivity contribution in [1.82, 2.24) is 24.5 Å². The molecule has 0 aliphatic heterocycles. The van der Waals surface area contributed by atoms with Gasteiger partial charge in [-0.1, -0.05) is 170 Å². The van der Waals surface area contributed by atoms with Crippen LogP contribution in [0.3, 0.4) is 0 Å². The minimum Gasteiger partial charge on any atom is -0.454 e. The van der Waals surface area contributed by atoms with Crippen molar-refractivity contribution >= 4 is 65.4 Å². The lowest BCUT2D eigenvalue weighted by Crippen LogP contribution is -2.01. The van der Waals surface area contributed by atoms with Crippen molar-refractivity contribution in [2.24, 2.45) is 0 Å². The number of para-hydroxylation sites is 3. The van der Waals surface area contributed by atoms with Gasteiger partial charge in [0.2, 0.25) is 0 Å². The lowest BCUT2D eigenvalue weighted by Gasteiger charge is -2.12. The molecule has 0 atom stereocenters. The highest BCUT2D eigenvalue weighted by molar-refractivity contribution is 6.22. The molecular weight excluding hydrogens is 783 g/mol. The molecule has 0 bridgehead atoms. The topological polar surface area (TPSA) is 69.6 Å². The molecule has 13 rings (SSSR count). The maximum atomic E-state index is 6.58. The Kier molecular flexibility index (Phi) is 8.11. The van der Waals surface area contributed by atoms with Crippen LogP contribution in [0, 0.1) is 0 Å². The van der Waals surface area contributed by atoms with Crippen LogP contribution < -0.4 is 0 Å². The Hall–Kier alpha value is -8.74. The molecule has 0 aliphatic rings. The molecule has 0 amide bonds. The second kappa shape index (κ2) is 14.4. The summed E-state index contributed by atoms with van der Waals surface area (Å²) in [5.74, 6) is 1.84. The monoisotopic (exact) mass is 817 g/mol. The van der Waals surface area contributed by atoms with Crippen LogP contribution in [0.5, 0.6) is 0 Å². The third kappa shape index (κ3) is 5.88. The molecule has 0 N–H and O–H groups in total. The van der Waals surface area contributed by atoms with Gasteiger partial charge in [-0.15, -0.1) is 0 Å². The van der Waals surface area contributed by atoms with Gasteiger partial charge in [0.25, 0.3) is 0 Å². The second-order valence-electron chi connectivity index (χ2n) is 16.2. The lowest BCUT2D eigenvalue weighted by molar-refractivity contribution is 0.669. The number of fused-ring (bicyclic) bond motifs is 9. The van der Waals surface area contributed by atoms with Gasteiger partial charge in [-0.3, -0.25) is 0 Å². The number of hydrogen-bond donors (Lipinski definition) is 0. The largest absolute Gasteiger partial charge is 0.454 e. The van der Waals surface area contributed by atoms with Gasteiger partial charge in [-0.05, 0) is 64.4 Å². The van der Waals surface area contributed by atoms with E-state index in [1.165, 1.54) is 16.2 Å². The van der Waals surface area contributed by atoms with Gasteiger partial charge in [0.1, 0.15) is 11.3 Å². The Bertz CT molecular complexity index is 3890. The van der Waals surface area contributed by atoms with E-state index in [4.69, 9.17) is 24.4 Å². The SMILES string of the molecule is c1ccc(-c2nc(-c3ccc(-c4ccc(-c5nc6cc7ccccc7cc6c6c5oc5ccccc56)cc4)cc3)nc(-c3cccc(-n4c5ccccc5c5ccccc54)c3)n2)cc1. The summed E-state index contributed by atoms with van der Waals surface area (Å²) in [5.41, 5.74) is 12.7. The molecule has 6 heteroatoms. The highest BCUT2D eigenvalue weighted by Crippen LogP contribution is 2.41. The highest BCUT2D eigenvalue weighted by Gasteiger charge is 2.19. The van der Waals surface area contributed by atoms with E-state index in [0.717, 1.165) is 94.0 Å². The van der Waals surface area contributed by atoms with Crippen LogP contribution in [0.15, 0.2) is 217 Å². The third-order valence-electron chi connectivity index (χ3n) is 12.4. The molecule has 9 aromatic carbocycles. The van der Waals surface area contributed by atoms with Gasteiger partial charge in [-0.2, -0.15) is 0 Å². The molecule has 0 fully saturated rings. The Balaban J connectivity index is 0.870. The molecule has 6 nitrogen and oxygen atoms in total. The Morgan fingerprint density at radius 2 is 0.859 bits per heavy atom. The van der Waals surface area contributed by atoms with E-state index < -0.39 is 0 Å². The van der Waals surface area contributed by atoms with Crippen molar-refractivity contribution < 1.29 is 4.42 Å². The van der Waals surface area contributed by atoms with Crippen molar-refractivity contribution in [2.75, 3.05) is 0 Å². The Morgan fingerprint density at radius 1 is 0.344 bits per heavy atom. The van der Waals surface area contributed by atoms with E-state index in [9.17, 15) is 0 Å². The summed E-state index contributed by atoms with van der Waals surface area (Å²) in [4.78, 5) is 20.5. The van der Waals surface area contributed by atoms with Gasteiger partial charge in [0.05, 0.1) is 16.6 Å². The van der Waals surface area contributed by atoms with Crippen molar-refractivity contribution in [1.29, 1.82) is 0 Å². The zero-order valence-electron chi connectivity index (χ0n) is 34.4. The van der Waals surface area contributed by atoms with E-state index >= 15 is 0 Å². The molecule has 298 valence electrons. The van der Waals surface area contributed by atoms with E-state index in [0.29, 0.717) is 17.5 Å². The predicted molar refractivity (Wildman–Crippen MR) is 261 cm³/mol. The van der Waals surface area contributed by atoms with Crippen LogP contribution in [-0.4, -0.2) is 24.5 Å². The summed E-state index contributed by atoms with van der Waals surface area (Å²) in [7, 11) is 0. The number of pyridine rings is 1. The number of benzene rings is 9. The molecule has 4 heterocycles. The number of aromatic nitrogens is 5. The first-order chi connectivity index (χ1) is 31.7. The van der Waals surface area contributed by atoms with Crippen LogP contribution >= 0.6 is 0 Å². The van der Waals surface area contributed by atoms with E-state index in [2.05, 4.69) is 174 Å². The normalized spacial score (nSPS) is 11.8. The molecule has 4 aromatic heterocycles. The third-order valence-corrected chi connectivity index (χ3v) is 12.4. The van der Waals surface area contributed by atoms with Gasteiger partial charge in [-0.25, -0.2) is 19.9 Å². The molecule has 0 unspecified atom stereocenters. The number of nitrogens with zero attached hydrogens (tertiary/aromatic N) is 5. The first-order valence-corrected chi connectivity index (χ1v) is 21.5. The molecular formula is C58H35N5O. The fraction of sp³-hybridized carbons (Fsp3) is 0. The fourth-order valence-electron chi connectivity index (χ4n) is 9.34. The molecule has 64 heavy (non-hydrogen) atoms. The predicted octanol–water partition coefficient (Wildman–Crippen LogP) is 14.9. The molecule has 0 aliphatic carbocycles. The van der Waals surface area contributed by atoms with Gasteiger partial charge < -0.3 is 8.98 Å². The van der Waals surface area contributed by atoms with Crippen LogP contribution in [0.2, 0.25) is 0 Å². The summed E-state index contributed by atoms with van der Waals surface area (Å²) >= 11 is 0. The highest BCUT2D eigenvalue weighted by atomic mass is 16.3. The second-order valence-corrected chi connectivity index (χ2v) is 16.2. The van der Waals surface area contributed by atoms with Crippen molar-refractivity contribution in [3.05, 3.63) is 212 Å². The van der Waals surface area contributed by atoms with Crippen LogP contribution in [0.1, 0.15) is 0 Å². The minimum atomic E-state index is 0.609. The van der Waals surface area contributed by atoms with Crippen LogP contribution in [0.4, 0.5) is 0 Å². The maximum Gasteiger partial charge on any atom is 0.164 e. The van der Waals surface area contributed by atoms with E-state index in [-0.39, 0.29) is 0 Å². The van der Waals surface area contributed by atoms with Gasteiger partial charge in [0, 0.05) is 54.9 Å². The summed E-state index contributed by atoms with van der Waals surface area (Å²) in [6.07, 6.45) is 0. The van der Waals surface area contributed by atoms with E-state index in [1.807, 2.05) is 42.5 Å². The maximum absolute atomic E-state index is 6.58. The lowest BCUT2D eigenvalue weighted by atomic mass is 9.98. The molecule has 0 saturated carbocycles. The van der Waals surface area contributed by atoms with Gasteiger partial charge in [0.15, 0.2) is 23.1 Å². The number of furan rings is 1. The van der Waals surface area contributed by atoms with Gasteiger partial charge >= 0.3 is 0 Å². The summed E-state index contributed by atoms with van der Waals surface area (Å²) in [6.45, 7) is 0. The van der Waals surface area contributed by atoms with E-state index in [1.54, 1.807) is 0 Å². The zero-order chi connectivity index (χ0) is 42.1. The molecule has 13 aromatic rings. The quantitative estimate of drug-likeness (QED) is 0.156. The first kappa shape index (κ1) is 36.0. The summed E-state index contributed by atoms with van der Waals surface area (Å²) in [5, 5.41) is 8.05.